The molecule has 0 spiro atoms. The molecule has 1 aromatic carbocycles. The summed E-state index contributed by atoms with van der Waals surface area (Å²) in [6.45, 7) is 5.11. The van der Waals surface area contributed by atoms with Crippen molar-refractivity contribution in [3.8, 4) is 5.75 Å². The van der Waals surface area contributed by atoms with E-state index in [1.54, 1.807) is 38.1 Å². The number of urea groups is 1. The van der Waals surface area contributed by atoms with Crippen LogP contribution in [0.25, 0.3) is 0 Å². The number of benzene rings is 1. The Balaban J connectivity index is 2.50. The minimum atomic E-state index is -1.18. The molecule has 26 heavy (non-hydrogen) atoms. The number of nitrogens with one attached hydrogen (secondary N) is 3. The zero-order valence-electron chi connectivity index (χ0n) is 15.0. The second kappa shape index (κ2) is 10.7. The van der Waals surface area contributed by atoms with Crippen LogP contribution in [0, 0.1) is 0 Å². The summed E-state index contributed by atoms with van der Waals surface area (Å²) < 4.78 is 10.2. The average Bonchev–Trinajstić information content (AvgIpc) is 2.60. The minimum absolute atomic E-state index is 0.282. The Labute approximate surface area is 151 Å². The number of carbonyl (C=O) groups is 4. The van der Waals surface area contributed by atoms with Crippen molar-refractivity contribution in [2.24, 2.45) is 0 Å². The number of imide groups is 1. The van der Waals surface area contributed by atoms with Gasteiger partial charge in [0, 0.05) is 6.54 Å². The molecule has 0 bridgehead atoms. The van der Waals surface area contributed by atoms with Crippen molar-refractivity contribution in [2.45, 2.75) is 26.9 Å². The van der Waals surface area contributed by atoms with Gasteiger partial charge < -0.3 is 20.1 Å². The average molecular weight is 365 g/mol. The molecule has 9 heteroatoms. The molecule has 0 radical (unpaired) electrons. The Kier molecular flexibility index (Phi) is 8.62. The summed E-state index contributed by atoms with van der Waals surface area (Å²) in [7, 11) is 0. The molecule has 1 aromatic rings. The first-order valence-corrected chi connectivity index (χ1v) is 8.17. The normalized spacial score (nSPS) is 11.0. The molecule has 142 valence electrons. The second-order valence-electron chi connectivity index (χ2n) is 5.09. The van der Waals surface area contributed by atoms with Crippen molar-refractivity contribution in [2.75, 3.05) is 19.7 Å². The van der Waals surface area contributed by atoms with Crippen LogP contribution in [0.4, 0.5) is 4.79 Å². The molecule has 3 N–H and O–H groups in total. The van der Waals surface area contributed by atoms with Gasteiger partial charge in [-0.15, -0.1) is 0 Å². The Morgan fingerprint density at radius 2 is 1.77 bits per heavy atom. The van der Waals surface area contributed by atoms with Gasteiger partial charge in [0.1, 0.15) is 12.3 Å². The highest BCUT2D eigenvalue weighted by molar-refractivity contribution is 5.99. The maximum absolute atomic E-state index is 12.2. The van der Waals surface area contributed by atoms with Gasteiger partial charge in [-0.3, -0.25) is 19.7 Å². The van der Waals surface area contributed by atoms with E-state index in [1.165, 1.54) is 6.92 Å². The maximum Gasteiger partial charge on any atom is 0.326 e. The summed E-state index contributed by atoms with van der Waals surface area (Å²) in [6, 6.07) is 5.92. The molecule has 1 rings (SSSR count). The van der Waals surface area contributed by atoms with Gasteiger partial charge in [-0.1, -0.05) is 12.1 Å². The number of hydrogen-bond acceptors (Lipinski definition) is 6. The first kappa shape index (κ1) is 20.9. The first-order valence-electron chi connectivity index (χ1n) is 8.17. The topological polar surface area (TPSA) is 123 Å². The largest absolute Gasteiger partial charge is 0.493 e. The lowest BCUT2D eigenvalue weighted by atomic mass is 10.2. The van der Waals surface area contributed by atoms with Crippen LogP contribution >= 0.6 is 0 Å². The van der Waals surface area contributed by atoms with Gasteiger partial charge in [0.05, 0.1) is 12.2 Å². The number of carbonyl (C=O) groups excluding carboxylic acids is 4. The number of para-hydroxylation sites is 1. The summed E-state index contributed by atoms with van der Waals surface area (Å²) >= 11 is 0. The Hall–Kier alpha value is -3.10. The monoisotopic (exact) mass is 365 g/mol. The number of rotatable bonds is 8. The fourth-order valence-corrected chi connectivity index (χ4v) is 1.89. The molecule has 0 aliphatic heterocycles. The van der Waals surface area contributed by atoms with Gasteiger partial charge in [-0.2, -0.15) is 0 Å². The highest BCUT2D eigenvalue weighted by atomic mass is 16.5. The summed E-state index contributed by atoms with van der Waals surface area (Å²) in [4.78, 5) is 46.9. The number of amides is 4. The van der Waals surface area contributed by atoms with E-state index >= 15 is 0 Å². The highest BCUT2D eigenvalue weighted by Gasteiger charge is 2.20. The lowest BCUT2D eigenvalue weighted by Crippen LogP contribution is -2.45. The molecule has 0 aliphatic rings. The number of ether oxygens (including phenoxy) is 2. The first-order chi connectivity index (χ1) is 12.4. The lowest BCUT2D eigenvalue weighted by molar-refractivity contribution is -0.153. The third kappa shape index (κ3) is 6.80. The molecule has 0 heterocycles. The maximum atomic E-state index is 12.2. The summed E-state index contributed by atoms with van der Waals surface area (Å²) in [5.41, 5.74) is 0.282. The summed E-state index contributed by atoms with van der Waals surface area (Å²) in [5, 5.41) is 6.80. The number of esters is 1. The Morgan fingerprint density at radius 1 is 1.08 bits per heavy atom. The van der Waals surface area contributed by atoms with Crippen molar-refractivity contribution in [3.63, 3.8) is 0 Å². The van der Waals surface area contributed by atoms with Gasteiger partial charge in [0.25, 0.3) is 11.8 Å². The molecule has 0 aliphatic carbocycles. The summed E-state index contributed by atoms with van der Waals surface area (Å²) in [6.07, 6.45) is -1.18. The minimum Gasteiger partial charge on any atom is -0.493 e. The molecule has 0 aromatic heterocycles. The highest BCUT2D eigenvalue weighted by Crippen LogP contribution is 2.17. The number of hydrogen-bond donors (Lipinski definition) is 3. The predicted molar refractivity (Wildman–Crippen MR) is 92.7 cm³/mol. The van der Waals surface area contributed by atoms with E-state index in [4.69, 9.17) is 9.47 Å². The van der Waals surface area contributed by atoms with Crippen LogP contribution in [0.3, 0.4) is 0 Å². The van der Waals surface area contributed by atoms with Crippen LogP contribution in [-0.2, 0) is 14.3 Å². The molecular formula is C17H23N3O6. The summed E-state index contributed by atoms with van der Waals surface area (Å²) in [5.74, 6) is -1.69. The molecule has 4 amide bonds. The van der Waals surface area contributed by atoms with Crippen molar-refractivity contribution >= 4 is 23.8 Å². The Morgan fingerprint density at radius 3 is 2.42 bits per heavy atom. The second-order valence-corrected chi connectivity index (χ2v) is 5.09. The van der Waals surface area contributed by atoms with E-state index in [-0.39, 0.29) is 5.56 Å². The van der Waals surface area contributed by atoms with E-state index in [0.717, 1.165) is 0 Å². The fourth-order valence-electron chi connectivity index (χ4n) is 1.89. The quantitative estimate of drug-likeness (QED) is 0.580. The van der Waals surface area contributed by atoms with E-state index in [0.29, 0.717) is 18.9 Å². The van der Waals surface area contributed by atoms with Crippen molar-refractivity contribution in [1.29, 1.82) is 0 Å². The molecule has 0 saturated heterocycles. The molecule has 1 atom stereocenters. The zero-order valence-corrected chi connectivity index (χ0v) is 15.0. The van der Waals surface area contributed by atoms with Gasteiger partial charge in [0.15, 0.2) is 6.10 Å². The van der Waals surface area contributed by atoms with E-state index < -0.39 is 36.5 Å². The van der Waals surface area contributed by atoms with Crippen LogP contribution < -0.4 is 20.7 Å². The predicted octanol–water partition coefficient (Wildman–Crippen LogP) is 0.593. The lowest BCUT2D eigenvalue weighted by Gasteiger charge is -2.14. The molecule has 1 unspecified atom stereocenters. The van der Waals surface area contributed by atoms with Crippen molar-refractivity contribution in [1.82, 2.24) is 16.0 Å². The van der Waals surface area contributed by atoms with Crippen LogP contribution in [0.1, 0.15) is 31.1 Å². The van der Waals surface area contributed by atoms with Crippen LogP contribution in [-0.4, -0.2) is 49.6 Å². The van der Waals surface area contributed by atoms with E-state index in [1.807, 2.05) is 5.32 Å². The smallest absolute Gasteiger partial charge is 0.326 e. The molecule has 9 nitrogen and oxygen atoms in total. The van der Waals surface area contributed by atoms with Crippen LogP contribution in [0.2, 0.25) is 0 Å². The third-order valence-electron chi connectivity index (χ3n) is 3.08. The zero-order chi connectivity index (χ0) is 19.5. The van der Waals surface area contributed by atoms with E-state index in [2.05, 4.69) is 10.6 Å². The van der Waals surface area contributed by atoms with Gasteiger partial charge >= 0.3 is 12.0 Å². The standard InChI is InChI=1S/C17H23N3O6/c1-4-18-17(24)20-15(22)11(3)26-14(21)10-19-16(23)12-8-6-7-9-13(12)25-5-2/h6-9,11H,4-5,10H2,1-3H3,(H,19,23)(H2,18,20,22,24). The molecular weight excluding hydrogens is 342 g/mol. The molecule has 0 fully saturated rings. The fraction of sp³-hybridized carbons (Fsp3) is 0.412. The SMILES string of the molecule is CCNC(=O)NC(=O)C(C)OC(=O)CNC(=O)c1ccccc1OCC. The van der Waals surface area contributed by atoms with Crippen LogP contribution in [0.15, 0.2) is 24.3 Å². The van der Waals surface area contributed by atoms with Crippen LogP contribution in [0.5, 0.6) is 5.75 Å². The Bertz CT molecular complexity index is 662. The molecule has 0 saturated carbocycles. The van der Waals surface area contributed by atoms with Gasteiger partial charge in [-0.05, 0) is 32.9 Å². The third-order valence-corrected chi connectivity index (χ3v) is 3.08. The van der Waals surface area contributed by atoms with E-state index in [9.17, 15) is 19.2 Å². The van der Waals surface area contributed by atoms with Crippen molar-refractivity contribution in [3.05, 3.63) is 29.8 Å². The van der Waals surface area contributed by atoms with Gasteiger partial charge in [-0.25, -0.2) is 4.79 Å². The van der Waals surface area contributed by atoms with Crippen molar-refractivity contribution < 1.29 is 28.7 Å². The van der Waals surface area contributed by atoms with Gasteiger partial charge in [0.2, 0.25) is 0 Å².